The molecule has 0 radical (unpaired) electrons. The van der Waals surface area contributed by atoms with E-state index >= 15 is 0 Å². The van der Waals surface area contributed by atoms with Crippen LogP contribution in [0.15, 0.2) is 42.0 Å². The van der Waals surface area contributed by atoms with Crippen LogP contribution >= 0.6 is 0 Å². The fourth-order valence-corrected chi connectivity index (χ4v) is 3.83. The summed E-state index contributed by atoms with van der Waals surface area (Å²) in [4.78, 5) is 39.3. The Labute approximate surface area is 192 Å². The van der Waals surface area contributed by atoms with E-state index in [0.29, 0.717) is 30.3 Å². The number of ether oxygens (including phenoxy) is 3. The zero-order chi connectivity index (χ0) is 23.5. The second kappa shape index (κ2) is 9.36. The first-order valence-corrected chi connectivity index (χ1v) is 11.0. The lowest BCUT2D eigenvalue weighted by Crippen LogP contribution is -2.54. The number of amides is 4. The van der Waals surface area contributed by atoms with Crippen LogP contribution in [0.25, 0.3) is 6.08 Å². The lowest BCUT2D eigenvalue weighted by atomic mass is 10.0. The Morgan fingerprint density at radius 1 is 1.09 bits per heavy atom. The van der Waals surface area contributed by atoms with Crippen molar-refractivity contribution in [3.05, 3.63) is 53.1 Å². The number of barbiturate groups is 1. The smallest absolute Gasteiger partial charge is 0.335 e. The van der Waals surface area contributed by atoms with Crippen LogP contribution in [0.1, 0.15) is 38.3 Å². The lowest BCUT2D eigenvalue weighted by Gasteiger charge is -2.27. The molecular formula is C25H26N2O6. The number of hydrogen-bond acceptors (Lipinski definition) is 6. The summed E-state index contributed by atoms with van der Waals surface area (Å²) in [7, 11) is 0. The quantitative estimate of drug-likeness (QED) is 0.509. The molecule has 33 heavy (non-hydrogen) atoms. The van der Waals surface area contributed by atoms with Gasteiger partial charge >= 0.3 is 6.03 Å². The molecular weight excluding hydrogens is 424 g/mol. The number of carbonyl (C=O) groups excluding carboxylic acids is 3. The first-order valence-electron chi connectivity index (χ1n) is 11.0. The van der Waals surface area contributed by atoms with E-state index in [-0.39, 0.29) is 17.4 Å². The number of urea groups is 1. The van der Waals surface area contributed by atoms with Crippen molar-refractivity contribution < 1.29 is 28.6 Å². The van der Waals surface area contributed by atoms with Gasteiger partial charge in [0.15, 0.2) is 11.5 Å². The Balaban J connectivity index is 1.66. The van der Waals surface area contributed by atoms with Gasteiger partial charge < -0.3 is 14.2 Å². The van der Waals surface area contributed by atoms with E-state index in [9.17, 15) is 14.4 Å². The van der Waals surface area contributed by atoms with Gasteiger partial charge in [0.05, 0.1) is 18.9 Å². The second-order valence-corrected chi connectivity index (χ2v) is 7.87. The number of fused-ring (bicyclic) bond motifs is 1. The van der Waals surface area contributed by atoms with Gasteiger partial charge in [-0.15, -0.1) is 0 Å². The first kappa shape index (κ1) is 22.4. The van der Waals surface area contributed by atoms with Crippen molar-refractivity contribution in [3.63, 3.8) is 0 Å². The number of nitrogens with one attached hydrogen (secondary N) is 1. The number of rotatable bonds is 7. The van der Waals surface area contributed by atoms with Crippen LogP contribution in [-0.2, 0) is 16.0 Å². The summed E-state index contributed by atoms with van der Waals surface area (Å²) >= 11 is 0. The van der Waals surface area contributed by atoms with Crippen molar-refractivity contribution in [1.29, 1.82) is 0 Å². The summed E-state index contributed by atoms with van der Waals surface area (Å²) in [6.45, 7) is 6.70. The van der Waals surface area contributed by atoms with Gasteiger partial charge in [0.1, 0.15) is 17.4 Å². The summed E-state index contributed by atoms with van der Waals surface area (Å²) in [5.41, 5.74) is 1.83. The Bertz CT molecular complexity index is 1140. The summed E-state index contributed by atoms with van der Waals surface area (Å²) in [6.07, 6.45) is 3.15. The van der Waals surface area contributed by atoms with Gasteiger partial charge in [0, 0.05) is 12.5 Å². The third kappa shape index (κ3) is 4.55. The molecule has 2 aromatic carbocycles. The average molecular weight is 450 g/mol. The average Bonchev–Trinajstić information content (AvgIpc) is 3.15. The van der Waals surface area contributed by atoms with Crippen LogP contribution in [-0.4, -0.2) is 37.2 Å². The maximum atomic E-state index is 13.2. The minimum Gasteiger partial charge on any atom is -0.490 e. The highest BCUT2D eigenvalue weighted by molar-refractivity contribution is 6.39. The van der Waals surface area contributed by atoms with E-state index < -0.39 is 17.8 Å². The van der Waals surface area contributed by atoms with Gasteiger partial charge in [-0.2, -0.15) is 0 Å². The number of hydrogen-bond donors (Lipinski definition) is 1. The normalized spacial score (nSPS) is 18.8. The summed E-state index contributed by atoms with van der Waals surface area (Å²) < 4.78 is 17.0. The molecule has 1 atom stereocenters. The summed E-state index contributed by atoms with van der Waals surface area (Å²) in [5, 5.41) is 2.25. The van der Waals surface area contributed by atoms with Gasteiger partial charge in [0.2, 0.25) is 0 Å². The van der Waals surface area contributed by atoms with Crippen molar-refractivity contribution in [3.8, 4) is 17.2 Å². The van der Waals surface area contributed by atoms with Crippen molar-refractivity contribution in [2.75, 3.05) is 18.1 Å². The standard InChI is InChI=1S/C25H26N2O6/c1-4-10-32-21-9-7-18(14-22(21)31-5-2)27-24(29)19(23(28)26-25(27)30)13-16-6-8-20-17(12-16)11-15(3)33-20/h6-9,12-15H,4-5,10-11H2,1-3H3,(H,26,28,30)/b19-13+/t15-/m1/s1. The molecule has 0 aliphatic carbocycles. The zero-order valence-corrected chi connectivity index (χ0v) is 18.8. The fourth-order valence-electron chi connectivity index (χ4n) is 3.83. The maximum Gasteiger partial charge on any atom is 0.335 e. The molecule has 2 aliphatic heterocycles. The van der Waals surface area contributed by atoms with Gasteiger partial charge in [0.25, 0.3) is 11.8 Å². The van der Waals surface area contributed by atoms with E-state index in [1.165, 1.54) is 6.08 Å². The third-order valence-electron chi connectivity index (χ3n) is 5.28. The van der Waals surface area contributed by atoms with Gasteiger partial charge in [-0.1, -0.05) is 13.0 Å². The molecule has 0 saturated carbocycles. The largest absolute Gasteiger partial charge is 0.490 e. The highest BCUT2D eigenvalue weighted by Crippen LogP contribution is 2.34. The van der Waals surface area contributed by atoms with Gasteiger partial charge in [-0.05, 0) is 61.7 Å². The van der Waals surface area contributed by atoms with E-state index in [1.54, 1.807) is 24.3 Å². The number of imide groups is 2. The van der Waals surface area contributed by atoms with Crippen molar-refractivity contribution in [2.45, 2.75) is 39.7 Å². The van der Waals surface area contributed by atoms with Crippen LogP contribution in [0.2, 0.25) is 0 Å². The van der Waals surface area contributed by atoms with Crippen LogP contribution in [0.3, 0.4) is 0 Å². The highest BCUT2D eigenvalue weighted by Gasteiger charge is 2.37. The van der Waals surface area contributed by atoms with E-state index in [4.69, 9.17) is 14.2 Å². The highest BCUT2D eigenvalue weighted by atomic mass is 16.5. The topological polar surface area (TPSA) is 94.2 Å². The van der Waals surface area contributed by atoms with Crippen molar-refractivity contribution in [1.82, 2.24) is 5.32 Å². The van der Waals surface area contributed by atoms with Crippen LogP contribution in [0.5, 0.6) is 17.2 Å². The number of benzene rings is 2. The first-order chi connectivity index (χ1) is 15.9. The Hall–Kier alpha value is -3.81. The molecule has 2 aliphatic rings. The molecule has 0 spiro atoms. The molecule has 4 amide bonds. The Kier molecular flexibility index (Phi) is 6.35. The maximum absolute atomic E-state index is 13.2. The molecule has 0 unspecified atom stereocenters. The van der Waals surface area contributed by atoms with Crippen LogP contribution < -0.4 is 24.4 Å². The van der Waals surface area contributed by atoms with E-state index in [2.05, 4.69) is 5.32 Å². The fraction of sp³-hybridized carbons (Fsp3) is 0.320. The predicted octanol–water partition coefficient (Wildman–Crippen LogP) is 3.86. The molecule has 4 rings (SSSR count). The minimum absolute atomic E-state index is 0.0828. The third-order valence-corrected chi connectivity index (χ3v) is 5.28. The predicted molar refractivity (Wildman–Crippen MR) is 123 cm³/mol. The van der Waals surface area contributed by atoms with Crippen molar-refractivity contribution in [2.24, 2.45) is 0 Å². The molecule has 1 fully saturated rings. The molecule has 172 valence electrons. The minimum atomic E-state index is -0.817. The molecule has 0 aromatic heterocycles. The lowest BCUT2D eigenvalue weighted by molar-refractivity contribution is -0.122. The zero-order valence-electron chi connectivity index (χ0n) is 18.8. The second-order valence-electron chi connectivity index (χ2n) is 7.87. The summed E-state index contributed by atoms with van der Waals surface area (Å²) in [6, 6.07) is 9.47. The number of anilines is 1. The van der Waals surface area contributed by atoms with Gasteiger partial charge in [-0.3, -0.25) is 14.9 Å². The monoisotopic (exact) mass is 450 g/mol. The molecule has 2 heterocycles. The summed E-state index contributed by atoms with van der Waals surface area (Å²) in [5.74, 6) is 0.292. The van der Waals surface area contributed by atoms with Crippen molar-refractivity contribution >= 4 is 29.6 Å². The molecule has 1 N–H and O–H groups in total. The number of nitrogens with zero attached hydrogens (tertiary/aromatic N) is 1. The van der Waals surface area contributed by atoms with E-state index in [1.807, 2.05) is 32.9 Å². The van der Waals surface area contributed by atoms with Crippen LogP contribution in [0, 0.1) is 0 Å². The molecule has 8 nitrogen and oxygen atoms in total. The van der Waals surface area contributed by atoms with Crippen LogP contribution in [0.4, 0.5) is 10.5 Å². The molecule has 0 bridgehead atoms. The molecule has 8 heteroatoms. The molecule has 2 aromatic rings. The Morgan fingerprint density at radius 2 is 1.91 bits per heavy atom. The molecule has 1 saturated heterocycles. The van der Waals surface area contributed by atoms with Gasteiger partial charge in [-0.25, -0.2) is 9.69 Å². The van der Waals surface area contributed by atoms with E-state index in [0.717, 1.165) is 29.1 Å². The Morgan fingerprint density at radius 3 is 2.67 bits per heavy atom. The number of carbonyl (C=O) groups is 3. The SMILES string of the molecule is CCCOc1ccc(N2C(=O)NC(=O)/C(=C\c3ccc4c(c3)C[C@@H](C)O4)C2=O)cc1OCC.